The number of hydrogen-bond acceptors (Lipinski definition) is 3. The number of amides is 1. The molecule has 0 saturated carbocycles. The Labute approximate surface area is 102 Å². The Kier molecular flexibility index (Phi) is 6.32. The highest BCUT2D eigenvalue weighted by molar-refractivity contribution is 5.76. The lowest BCUT2D eigenvalue weighted by atomic mass is 10.2. The second-order valence-electron chi connectivity index (χ2n) is 4.33. The first kappa shape index (κ1) is 13.7. The highest BCUT2D eigenvalue weighted by Gasteiger charge is 2.07. The van der Waals surface area contributed by atoms with Crippen molar-refractivity contribution in [3.63, 3.8) is 0 Å². The van der Waals surface area contributed by atoms with Gasteiger partial charge in [-0.15, -0.1) is 0 Å². The van der Waals surface area contributed by atoms with E-state index in [1.165, 1.54) is 0 Å². The van der Waals surface area contributed by atoms with E-state index in [0.717, 1.165) is 25.8 Å². The lowest BCUT2D eigenvalue weighted by Gasteiger charge is -2.14. The topological polar surface area (TPSA) is 72.9 Å². The first-order valence-electron chi connectivity index (χ1n) is 6.17. The van der Waals surface area contributed by atoms with Crippen LogP contribution in [0.5, 0.6) is 0 Å². The molecule has 96 valence electrons. The van der Waals surface area contributed by atoms with Gasteiger partial charge in [-0.3, -0.25) is 4.79 Å². The number of nitrogens with zero attached hydrogens (tertiary/aromatic N) is 2. The van der Waals surface area contributed by atoms with Gasteiger partial charge in [-0.25, -0.2) is 4.98 Å². The van der Waals surface area contributed by atoms with Crippen molar-refractivity contribution in [3.05, 3.63) is 18.7 Å². The van der Waals surface area contributed by atoms with Crippen LogP contribution in [-0.4, -0.2) is 28.0 Å². The van der Waals surface area contributed by atoms with E-state index in [2.05, 4.69) is 10.3 Å². The molecule has 0 aliphatic rings. The van der Waals surface area contributed by atoms with Crippen molar-refractivity contribution in [2.45, 2.75) is 45.2 Å². The predicted molar refractivity (Wildman–Crippen MR) is 67.4 cm³/mol. The van der Waals surface area contributed by atoms with Crippen LogP contribution in [0.15, 0.2) is 18.7 Å². The number of nitrogens with two attached hydrogens (primary N) is 1. The predicted octanol–water partition coefficient (Wildman–Crippen LogP) is 0.907. The van der Waals surface area contributed by atoms with E-state index in [1.54, 1.807) is 12.5 Å². The van der Waals surface area contributed by atoms with Crippen LogP contribution in [0, 0.1) is 0 Å². The molecule has 0 aromatic carbocycles. The van der Waals surface area contributed by atoms with Crippen LogP contribution in [0.4, 0.5) is 0 Å². The van der Waals surface area contributed by atoms with Gasteiger partial charge in [0.15, 0.2) is 0 Å². The summed E-state index contributed by atoms with van der Waals surface area (Å²) in [5.41, 5.74) is 5.39. The van der Waals surface area contributed by atoms with Gasteiger partial charge < -0.3 is 15.6 Å². The van der Waals surface area contributed by atoms with E-state index in [4.69, 9.17) is 5.73 Å². The number of carbonyl (C=O) groups excluding carboxylic acids is 1. The second-order valence-corrected chi connectivity index (χ2v) is 4.33. The minimum atomic E-state index is 0.120. The fourth-order valence-electron chi connectivity index (χ4n) is 1.71. The molecule has 0 aliphatic carbocycles. The van der Waals surface area contributed by atoms with Gasteiger partial charge in [0, 0.05) is 31.4 Å². The normalized spacial score (nSPS) is 12.4. The maximum atomic E-state index is 11.6. The second kappa shape index (κ2) is 7.84. The molecule has 1 amide bonds. The van der Waals surface area contributed by atoms with Gasteiger partial charge in [-0.05, 0) is 26.3 Å². The van der Waals surface area contributed by atoms with Crippen molar-refractivity contribution in [1.82, 2.24) is 14.9 Å². The maximum absolute atomic E-state index is 11.6. The number of rotatable bonds is 8. The molecule has 1 aromatic rings. The van der Waals surface area contributed by atoms with Gasteiger partial charge in [-0.2, -0.15) is 0 Å². The zero-order chi connectivity index (χ0) is 12.5. The third kappa shape index (κ3) is 6.06. The molecule has 17 heavy (non-hydrogen) atoms. The van der Waals surface area contributed by atoms with E-state index >= 15 is 0 Å². The third-order valence-electron chi connectivity index (χ3n) is 2.56. The molecule has 1 aromatic heterocycles. The Morgan fingerprint density at radius 3 is 2.94 bits per heavy atom. The highest BCUT2D eigenvalue weighted by atomic mass is 16.1. The van der Waals surface area contributed by atoms with E-state index in [0.29, 0.717) is 13.0 Å². The quantitative estimate of drug-likeness (QED) is 0.661. The Hall–Kier alpha value is -1.36. The first-order valence-corrected chi connectivity index (χ1v) is 6.17. The molecule has 3 N–H and O–H groups in total. The summed E-state index contributed by atoms with van der Waals surface area (Å²) in [6, 6.07) is 0.131. The van der Waals surface area contributed by atoms with Gasteiger partial charge in [0.05, 0.1) is 6.33 Å². The Balaban J connectivity index is 2.13. The monoisotopic (exact) mass is 238 g/mol. The Morgan fingerprint density at radius 1 is 1.47 bits per heavy atom. The lowest BCUT2D eigenvalue weighted by molar-refractivity contribution is -0.121. The fourth-order valence-corrected chi connectivity index (χ4v) is 1.71. The van der Waals surface area contributed by atoms with Gasteiger partial charge in [0.1, 0.15) is 0 Å². The lowest BCUT2D eigenvalue weighted by Crippen LogP contribution is -2.35. The summed E-state index contributed by atoms with van der Waals surface area (Å²) in [5.74, 6) is 0.120. The Bertz CT molecular complexity index is 310. The average Bonchev–Trinajstić information content (AvgIpc) is 2.77. The van der Waals surface area contributed by atoms with E-state index in [-0.39, 0.29) is 11.9 Å². The zero-order valence-corrected chi connectivity index (χ0v) is 10.4. The van der Waals surface area contributed by atoms with Crippen molar-refractivity contribution >= 4 is 5.91 Å². The summed E-state index contributed by atoms with van der Waals surface area (Å²) in [4.78, 5) is 15.5. The molecule has 0 bridgehead atoms. The number of imidazole rings is 1. The highest BCUT2D eigenvalue weighted by Crippen LogP contribution is 1.99. The van der Waals surface area contributed by atoms with Gasteiger partial charge in [0.2, 0.25) is 5.91 Å². The summed E-state index contributed by atoms with van der Waals surface area (Å²) >= 11 is 0. The molecule has 1 unspecified atom stereocenters. The van der Waals surface area contributed by atoms with E-state index in [1.807, 2.05) is 17.7 Å². The third-order valence-corrected chi connectivity index (χ3v) is 2.56. The minimum Gasteiger partial charge on any atom is -0.352 e. The van der Waals surface area contributed by atoms with E-state index in [9.17, 15) is 4.79 Å². The molecule has 0 aliphatic heterocycles. The molecule has 5 nitrogen and oxygen atoms in total. The number of nitrogens with one attached hydrogen (secondary N) is 1. The number of unbranched alkanes of at least 4 members (excludes halogenated alkanes) is 2. The molecule has 1 rings (SSSR count). The largest absolute Gasteiger partial charge is 0.352 e. The summed E-state index contributed by atoms with van der Waals surface area (Å²) in [7, 11) is 0. The molecule has 0 fully saturated rings. The van der Waals surface area contributed by atoms with Gasteiger partial charge in [-0.1, -0.05) is 6.42 Å². The molecule has 0 saturated heterocycles. The molecule has 5 heteroatoms. The zero-order valence-electron chi connectivity index (χ0n) is 10.4. The minimum absolute atomic E-state index is 0.120. The van der Waals surface area contributed by atoms with E-state index < -0.39 is 0 Å². The summed E-state index contributed by atoms with van der Waals surface area (Å²) in [6.07, 6.45) is 8.92. The molecular weight excluding hydrogens is 216 g/mol. The van der Waals surface area contributed by atoms with Crippen LogP contribution in [0.2, 0.25) is 0 Å². The van der Waals surface area contributed by atoms with Crippen LogP contribution in [-0.2, 0) is 11.3 Å². The summed E-state index contributed by atoms with van der Waals surface area (Å²) in [6.45, 7) is 3.46. The molecule has 0 radical (unpaired) electrons. The molecular formula is C12H22N4O. The average molecular weight is 238 g/mol. The number of hydrogen-bond donors (Lipinski definition) is 2. The van der Waals surface area contributed by atoms with Crippen LogP contribution in [0.25, 0.3) is 0 Å². The first-order chi connectivity index (χ1) is 8.22. The van der Waals surface area contributed by atoms with Crippen molar-refractivity contribution in [3.8, 4) is 0 Å². The fraction of sp³-hybridized carbons (Fsp3) is 0.667. The van der Waals surface area contributed by atoms with Crippen molar-refractivity contribution < 1.29 is 4.79 Å². The van der Waals surface area contributed by atoms with Crippen LogP contribution in [0.1, 0.15) is 32.6 Å². The summed E-state index contributed by atoms with van der Waals surface area (Å²) in [5, 5.41) is 2.98. The van der Waals surface area contributed by atoms with Crippen LogP contribution >= 0.6 is 0 Å². The number of aromatic nitrogens is 2. The molecule has 1 atom stereocenters. The number of carbonyl (C=O) groups is 1. The van der Waals surface area contributed by atoms with Crippen molar-refractivity contribution in [2.75, 3.05) is 6.54 Å². The summed E-state index contributed by atoms with van der Waals surface area (Å²) < 4.78 is 1.96. The smallest absolute Gasteiger partial charge is 0.220 e. The van der Waals surface area contributed by atoms with Gasteiger partial charge >= 0.3 is 0 Å². The van der Waals surface area contributed by atoms with Crippen LogP contribution in [0.3, 0.4) is 0 Å². The Morgan fingerprint density at radius 2 is 2.29 bits per heavy atom. The standard InChI is InChI=1S/C12H22N4O/c1-11(9-16-8-7-14-10-16)15-12(17)5-3-2-4-6-13/h7-8,10-11H,2-6,9,13H2,1H3,(H,15,17). The molecule has 0 spiro atoms. The van der Waals surface area contributed by atoms with Crippen molar-refractivity contribution in [1.29, 1.82) is 0 Å². The molecule has 1 heterocycles. The van der Waals surface area contributed by atoms with Crippen molar-refractivity contribution in [2.24, 2.45) is 5.73 Å². The van der Waals surface area contributed by atoms with Gasteiger partial charge in [0.25, 0.3) is 0 Å². The SMILES string of the molecule is CC(Cn1ccnc1)NC(=O)CCCCCN. The maximum Gasteiger partial charge on any atom is 0.220 e. The van der Waals surface area contributed by atoms with Crippen LogP contribution < -0.4 is 11.1 Å².